The zero-order chi connectivity index (χ0) is 14.9. The number of alkyl halides is 3. The number of hydrogen-bond donors (Lipinski definition) is 2. The van der Waals surface area contributed by atoms with Crippen molar-refractivity contribution < 1.29 is 18.0 Å². The van der Waals surface area contributed by atoms with Gasteiger partial charge >= 0.3 is 6.18 Å². The highest BCUT2D eigenvalue weighted by Gasteiger charge is 2.35. The Morgan fingerprint density at radius 3 is 2.76 bits per heavy atom. The predicted octanol–water partition coefficient (Wildman–Crippen LogP) is 1.90. The molecule has 9 heteroatoms. The molecule has 0 bridgehead atoms. The molecule has 1 aliphatic rings. The predicted molar refractivity (Wildman–Crippen MR) is 73.0 cm³/mol. The number of carbonyl (C=O) groups is 1. The third-order valence-corrected chi connectivity index (χ3v) is 3.45. The van der Waals surface area contributed by atoms with Crippen molar-refractivity contribution in [2.24, 2.45) is 5.73 Å². The van der Waals surface area contributed by atoms with Gasteiger partial charge in [-0.2, -0.15) is 18.3 Å². The van der Waals surface area contributed by atoms with Crippen LogP contribution in [0.1, 0.15) is 37.1 Å². The zero-order valence-corrected chi connectivity index (χ0v) is 12.3. The molecule has 2 rings (SSSR count). The molecule has 1 aromatic heterocycles. The molecular formula is C12H18ClF3N4O. The van der Waals surface area contributed by atoms with Crippen molar-refractivity contribution in [1.82, 2.24) is 15.1 Å². The second-order valence-corrected chi connectivity index (χ2v) is 5.12. The summed E-state index contributed by atoms with van der Waals surface area (Å²) in [7, 11) is 0. The van der Waals surface area contributed by atoms with Gasteiger partial charge in [-0.05, 0) is 25.8 Å². The van der Waals surface area contributed by atoms with E-state index in [2.05, 4.69) is 10.2 Å². The summed E-state index contributed by atoms with van der Waals surface area (Å²) in [5.74, 6) is -0.333. The first-order valence-electron chi connectivity index (χ1n) is 6.46. The smallest absolute Gasteiger partial charge is 0.341 e. The minimum atomic E-state index is -4.45. The van der Waals surface area contributed by atoms with Gasteiger partial charge in [-0.1, -0.05) is 0 Å². The van der Waals surface area contributed by atoms with Gasteiger partial charge < -0.3 is 10.6 Å². The van der Waals surface area contributed by atoms with E-state index in [1.165, 1.54) is 0 Å². The summed E-state index contributed by atoms with van der Waals surface area (Å²) in [4.78, 5) is 13.4. The Labute approximate surface area is 126 Å². The van der Waals surface area contributed by atoms with Crippen molar-refractivity contribution >= 4 is 18.3 Å². The average Bonchev–Trinajstić information content (AvgIpc) is 2.87. The molecule has 1 aliphatic heterocycles. The van der Waals surface area contributed by atoms with Crippen LogP contribution in [0.4, 0.5) is 13.2 Å². The number of rotatable bonds is 2. The first kappa shape index (κ1) is 17.8. The van der Waals surface area contributed by atoms with Gasteiger partial charge in [-0.3, -0.25) is 9.89 Å². The van der Waals surface area contributed by atoms with Gasteiger partial charge in [0.15, 0.2) is 5.69 Å². The molecule has 2 atom stereocenters. The Morgan fingerprint density at radius 2 is 2.24 bits per heavy atom. The van der Waals surface area contributed by atoms with E-state index in [1.807, 2.05) is 0 Å². The SMILES string of the molecule is C[C@@H](N)C(=O)N1CCCC(c2cc(C(F)(F)F)n[nH]2)C1.Cl. The minimum absolute atomic E-state index is 0. The first-order chi connectivity index (χ1) is 9.29. The Kier molecular flexibility index (Phi) is 5.63. The molecule has 5 nitrogen and oxygen atoms in total. The van der Waals surface area contributed by atoms with E-state index < -0.39 is 17.9 Å². The van der Waals surface area contributed by atoms with Crippen molar-refractivity contribution in [2.45, 2.75) is 37.9 Å². The highest BCUT2D eigenvalue weighted by atomic mass is 35.5. The van der Waals surface area contributed by atoms with Crippen LogP contribution in [0, 0.1) is 0 Å². The number of halogens is 4. The largest absolute Gasteiger partial charge is 0.435 e. The molecule has 1 amide bonds. The fourth-order valence-electron chi connectivity index (χ4n) is 2.41. The summed E-state index contributed by atoms with van der Waals surface area (Å²) in [6, 6.07) is 0.422. The van der Waals surface area contributed by atoms with Crippen molar-refractivity contribution in [3.05, 3.63) is 17.5 Å². The number of carbonyl (C=O) groups excluding carboxylic acids is 1. The van der Waals surface area contributed by atoms with Gasteiger partial charge in [0.2, 0.25) is 5.91 Å². The van der Waals surface area contributed by atoms with Gasteiger partial charge in [-0.25, -0.2) is 0 Å². The summed E-state index contributed by atoms with van der Waals surface area (Å²) >= 11 is 0. The normalized spacial score (nSPS) is 20.8. The number of nitrogens with zero attached hydrogens (tertiary/aromatic N) is 2. The van der Waals surface area contributed by atoms with Crippen LogP contribution in [-0.4, -0.2) is 40.1 Å². The number of amides is 1. The fraction of sp³-hybridized carbons (Fsp3) is 0.667. The molecule has 0 spiro atoms. The average molecular weight is 327 g/mol. The maximum absolute atomic E-state index is 12.5. The number of aromatic amines is 1. The molecule has 0 radical (unpaired) electrons. The second kappa shape index (κ2) is 6.65. The molecule has 1 saturated heterocycles. The number of piperidine rings is 1. The standard InChI is InChI=1S/C12H17F3N4O.ClH/c1-7(16)11(20)19-4-2-3-8(6-19)9-5-10(18-17-9)12(13,14)15;/h5,7-8H,2-4,6,16H2,1H3,(H,17,18);1H/t7-,8?;/m1./s1. The molecule has 1 aromatic rings. The Balaban J connectivity index is 0.00000220. The van der Waals surface area contributed by atoms with Gasteiger partial charge in [0.25, 0.3) is 0 Å². The summed E-state index contributed by atoms with van der Waals surface area (Å²) in [5.41, 5.74) is 5.04. The van der Waals surface area contributed by atoms with Gasteiger partial charge in [0.05, 0.1) is 6.04 Å². The quantitative estimate of drug-likeness (QED) is 0.871. The number of nitrogens with two attached hydrogens (primary N) is 1. The van der Waals surface area contributed by atoms with Gasteiger partial charge in [0, 0.05) is 24.7 Å². The summed E-state index contributed by atoms with van der Waals surface area (Å²) in [6.07, 6.45) is -2.99. The highest BCUT2D eigenvalue weighted by molar-refractivity contribution is 5.85. The van der Waals surface area contributed by atoms with E-state index in [9.17, 15) is 18.0 Å². The first-order valence-corrected chi connectivity index (χ1v) is 6.46. The van der Waals surface area contributed by atoms with Crippen LogP contribution in [-0.2, 0) is 11.0 Å². The lowest BCUT2D eigenvalue weighted by Crippen LogP contribution is -2.46. The monoisotopic (exact) mass is 326 g/mol. The van der Waals surface area contributed by atoms with Gasteiger partial charge in [0.1, 0.15) is 0 Å². The maximum Gasteiger partial charge on any atom is 0.435 e. The number of H-pyrrole nitrogens is 1. The van der Waals surface area contributed by atoms with E-state index in [1.54, 1.807) is 11.8 Å². The summed E-state index contributed by atoms with van der Waals surface area (Å²) in [6.45, 7) is 2.57. The molecular weight excluding hydrogens is 309 g/mol. The molecule has 120 valence electrons. The Bertz CT molecular complexity index is 489. The third kappa shape index (κ3) is 4.10. The van der Waals surface area contributed by atoms with E-state index in [0.717, 1.165) is 18.9 Å². The fourth-order valence-corrected chi connectivity index (χ4v) is 2.41. The molecule has 2 heterocycles. The second-order valence-electron chi connectivity index (χ2n) is 5.12. The summed E-state index contributed by atoms with van der Waals surface area (Å²) < 4.78 is 37.5. The van der Waals surface area contributed by atoms with Gasteiger partial charge in [-0.15, -0.1) is 12.4 Å². The van der Waals surface area contributed by atoms with Crippen LogP contribution in [0.25, 0.3) is 0 Å². The van der Waals surface area contributed by atoms with Crippen LogP contribution < -0.4 is 5.73 Å². The van der Waals surface area contributed by atoms with E-state index >= 15 is 0 Å². The number of hydrogen-bond acceptors (Lipinski definition) is 3. The topological polar surface area (TPSA) is 75.0 Å². The maximum atomic E-state index is 12.5. The van der Waals surface area contributed by atoms with Crippen LogP contribution in [0.2, 0.25) is 0 Å². The lowest BCUT2D eigenvalue weighted by molar-refractivity contribution is -0.141. The third-order valence-electron chi connectivity index (χ3n) is 3.45. The number of likely N-dealkylation sites (tertiary alicyclic amines) is 1. The van der Waals surface area contributed by atoms with E-state index in [0.29, 0.717) is 18.8 Å². The molecule has 21 heavy (non-hydrogen) atoms. The highest BCUT2D eigenvalue weighted by Crippen LogP contribution is 2.32. The van der Waals surface area contributed by atoms with Crippen molar-refractivity contribution in [2.75, 3.05) is 13.1 Å². The molecule has 0 saturated carbocycles. The molecule has 1 fully saturated rings. The minimum Gasteiger partial charge on any atom is -0.341 e. The lowest BCUT2D eigenvalue weighted by atomic mass is 9.94. The number of aromatic nitrogens is 2. The van der Waals surface area contributed by atoms with Crippen LogP contribution in [0.3, 0.4) is 0 Å². The van der Waals surface area contributed by atoms with Crippen LogP contribution in [0.5, 0.6) is 0 Å². The van der Waals surface area contributed by atoms with E-state index in [4.69, 9.17) is 5.73 Å². The molecule has 1 unspecified atom stereocenters. The van der Waals surface area contributed by atoms with Crippen molar-refractivity contribution in [3.8, 4) is 0 Å². The van der Waals surface area contributed by atoms with Crippen LogP contribution >= 0.6 is 12.4 Å². The summed E-state index contributed by atoms with van der Waals surface area (Å²) in [5, 5.41) is 5.72. The van der Waals surface area contributed by atoms with Crippen LogP contribution in [0.15, 0.2) is 6.07 Å². The molecule has 0 aromatic carbocycles. The van der Waals surface area contributed by atoms with Crippen molar-refractivity contribution in [3.63, 3.8) is 0 Å². The Hall–Kier alpha value is -1.28. The lowest BCUT2D eigenvalue weighted by Gasteiger charge is -2.33. The Morgan fingerprint density at radius 1 is 1.57 bits per heavy atom. The number of nitrogens with one attached hydrogen (secondary N) is 1. The van der Waals surface area contributed by atoms with E-state index in [-0.39, 0.29) is 24.2 Å². The van der Waals surface area contributed by atoms with Crippen molar-refractivity contribution in [1.29, 1.82) is 0 Å². The molecule has 0 aliphatic carbocycles. The zero-order valence-electron chi connectivity index (χ0n) is 11.5. The molecule has 3 N–H and O–H groups in total.